The summed E-state index contributed by atoms with van der Waals surface area (Å²) in [6, 6.07) is 3.81. The monoisotopic (exact) mass is 239 g/mol. The Hall–Kier alpha value is -1.26. The fourth-order valence-electron chi connectivity index (χ4n) is 1.76. The van der Waals surface area contributed by atoms with Gasteiger partial charge in [0, 0.05) is 0 Å². The van der Waals surface area contributed by atoms with Crippen molar-refractivity contribution in [3.8, 4) is 0 Å². The number of H-pyrrole nitrogens is 2. The van der Waals surface area contributed by atoms with Crippen molar-refractivity contribution in [1.29, 1.82) is 0 Å². The first-order valence-electron chi connectivity index (χ1n) is 5.20. The van der Waals surface area contributed by atoms with Crippen LogP contribution in [-0.4, -0.2) is 16.5 Å². The second kappa shape index (κ2) is 4.31. The Morgan fingerprint density at radius 2 is 2.19 bits per heavy atom. The van der Waals surface area contributed by atoms with Gasteiger partial charge in [0.25, 0.3) is 0 Å². The van der Waals surface area contributed by atoms with E-state index in [0.717, 1.165) is 17.5 Å². The summed E-state index contributed by atoms with van der Waals surface area (Å²) in [5.41, 5.74) is 7.84. The summed E-state index contributed by atoms with van der Waals surface area (Å²) >= 11 is 6.08. The van der Waals surface area contributed by atoms with Crippen molar-refractivity contribution in [3.05, 3.63) is 33.2 Å². The SMILES string of the molecule is CC(CN)Cc1cc(Cl)c2[nH]c(=O)[nH]c2c1. The topological polar surface area (TPSA) is 74.7 Å². The maximum Gasteiger partial charge on any atom is 0.323 e. The first kappa shape index (κ1) is 11.2. The van der Waals surface area contributed by atoms with Gasteiger partial charge in [-0.15, -0.1) is 0 Å². The molecule has 0 radical (unpaired) electrons. The number of benzene rings is 1. The highest BCUT2D eigenvalue weighted by atomic mass is 35.5. The van der Waals surface area contributed by atoms with Crippen LogP contribution < -0.4 is 11.4 Å². The van der Waals surface area contributed by atoms with E-state index in [-0.39, 0.29) is 5.69 Å². The molecule has 5 heteroatoms. The number of fused-ring (bicyclic) bond motifs is 1. The van der Waals surface area contributed by atoms with Crippen molar-refractivity contribution >= 4 is 22.6 Å². The van der Waals surface area contributed by atoms with Crippen molar-refractivity contribution < 1.29 is 0 Å². The van der Waals surface area contributed by atoms with Crippen LogP contribution in [0.3, 0.4) is 0 Å². The molecule has 4 nitrogen and oxygen atoms in total. The minimum atomic E-state index is -0.235. The van der Waals surface area contributed by atoms with Gasteiger partial charge < -0.3 is 15.7 Å². The van der Waals surface area contributed by atoms with Gasteiger partial charge in [0.05, 0.1) is 16.1 Å². The van der Waals surface area contributed by atoms with Gasteiger partial charge in [-0.2, -0.15) is 0 Å². The molecule has 0 saturated carbocycles. The fourth-order valence-corrected chi connectivity index (χ4v) is 2.05. The Balaban J connectivity index is 2.45. The van der Waals surface area contributed by atoms with Crippen LogP contribution in [0.4, 0.5) is 0 Å². The molecule has 0 bridgehead atoms. The molecule has 1 aromatic carbocycles. The molecule has 16 heavy (non-hydrogen) atoms. The second-order valence-electron chi connectivity index (χ2n) is 4.12. The number of nitrogens with two attached hydrogens (primary N) is 1. The Kier molecular flexibility index (Phi) is 3.03. The number of nitrogens with one attached hydrogen (secondary N) is 2. The first-order valence-corrected chi connectivity index (χ1v) is 5.58. The van der Waals surface area contributed by atoms with Crippen LogP contribution in [0, 0.1) is 5.92 Å². The van der Waals surface area contributed by atoms with E-state index in [1.807, 2.05) is 12.1 Å². The fraction of sp³-hybridized carbons (Fsp3) is 0.364. The van der Waals surface area contributed by atoms with E-state index in [4.69, 9.17) is 17.3 Å². The molecule has 1 unspecified atom stereocenters. The van der Waals surface area contributed by atoms with Crippen molar-refractivity contribution in [3.63, 3.8) is 0 Å². The van der Waals surface area contributed by atoms with Gasteiger partial charge in [-0.05, 0) is 36.6 Å². The predicted octanol–water partition coefficient (Wildman–Crippen LogP) is 1.65. The van der Waals surface area contributed by atoms with Gasteiger partial charge in [-0.25, -0.2) is 4.79 Å². The third kappa shape index (κ3) is 2.13. The van der Waals surface area contributed by atoms with E-state index < -0.39 is 0 Å². The Morgan fingerprint density at radius 3 is 2.88 bits per heavy atom. The quantitative estimate of drug-likeness (QED) is 0.762. The molecule has 0 aliphatic heterocycles. The Bertz CT molecular complexity index is 558. The molecule has 2 rings (SSSR count). The van der Waals surface area contributed by atoms with Crippen LogP contribution in [-0.2, 0) is 6.42 Å². The van der Waals surface area contributed by atoms with E-state index in [0.29, 0.717) is 23.0 Å². The van der Waals surface area contributed by atoms with Crippen LogP contribution in [0.25, 0.3) is 11.0 Å². The van der Waals surface area contributed by atoms with Gasteiger partial charge in [-0.3, -0.25) is 0 Å². The summed E-state index contributed by atoms with van der Waals surface area (Å²) in [7, 11) is 0. The number of rotatable bonds is 3. The summed E-state index contributed by atoms with van der Waals surface area (Å²) in [6.45, 7) is 2.72. The molecular weight excluding hydrogens is 226 g/mol. The molecule has 2 aromatic rings. The summed E-state index contributed by atoms with van der Waals surface area (Å²) in [5.74, 6) is 0.402. The summed E-state index contributed by atoms with van der Waals surface area (Å²) in [4.78, 5) is 16.5. The smallest absolute Gasteiger partial charge is 0.323 e. The van der Waals surface area contributed by atoms with Crippen LogP contribution in [0.1, 0.15) is 12.5 Å². The summed E-state index contributed by atoms with van der Waals surface area (Å²) in [6.07, 6.45) is 0.860. The minimum absolute atomic E-state index is 0.235. The molecule has 0 aliphatic carbocycles. The largest absolute Gasteiger partial charge is 0.330 e. The van der Waals surface area contributed by atoms with Crippen LogP contribution in [0.2, 0.25) is 5.02 Å². The molecule has 0 spiro atoms. The van der Waals surface area contributed by atoms with E-state index in [1.165, 1.54) is 0 Å². The molecule has 1 aromatic heterocycles. The van der Waals surface area contributed by atoms with E-state index in [9.17, 15) is 4.79 Å². The third-order valence-corrected chi connectivity index (χ3v) is 2.92. The average Bonchev–Trinajstić information content (AvgIpc) is 2.59. The lowest BCUT2D eigenvalue weighted by Crippen LogP contribution is -2.13. The van der Waals surface area contributed by atoms with Crippen LogP contribution in [0.5, 0.6) is 0 Å². The number of hydrogen-bond acceptors (Lipinski definition) is 2. The van der Waals surface area contributed by atoms with Gasteiger partial charge in [-0.1, -0.05) is 18.5 Å². The molecule has 0 saturated heterocycles. The zero-order valence-corrected chi connectivity index (χ0v) is 9.77. The van der Waals surface area contributed by atoms with E-state index in [1.54, 1.807) is 0 Å². The Morgan fingerprint density at radius 1 is 1.44 bits per heavy atom. The van der Waals surface area contributed by atoms with Crippen molar-refractivity contribution in [2.75, 3.05) is 6.54 Å². The maximum absolute atomic E-state index is 11.1. The predicted molar refractivity (Wildman–Crippen MR) is 65.9 cm³/mol. The molecule has 1 heterocycles. The highest BCUT2D eigenvalue weighted by molar-refractivity contribution is 6.35. The number of halogens is 1. The molecule has 86 valence electrons. The lowest BCUT2D eigenvalue weighted by molar-refractivity contribution is 0.593. The van der Waals surface area contributed by atoms with Crippen LogP contribution >= 0.6 is 11.6 Å². The molecular formula is C11H14ClN3O. The van der Waals surface area contributed by atoms with Crippen molar-refractivity contribution in [2.45, 2.75) is 13.3 Å². The summed E-state index contributed by atoms with van der Waals surface area (Å²) < 4.78 is 0. The number of hydrogen-bond donors (Lipinski definition) is 3. The number of aromatic nitrogens is 2. The Labute approximate surface area is 97.8 Å². The van der Waals surface area contributed by atoms with Crippen molar-refractivity contribution in [2.24, 2.45) is 11.7 Å². The molecule has 4 N–H and O–H groups in total. The van der Waals surface area contributed by atoms with Gasteiger partial charge in [0.2, 0.25) is 0 Å². The average molecular weight is 240 g/mol. The lowest BCUT2D eigenvalue weighted by Gasteiger charge is -2.08. The highest BCUT2D eigenvalue weighted by Crippen LogP contribution is 2.22. The first-order chi connectivity index (χ1) is 7.60. The molecule has 0 aliphatic rings. The van der Waals surface area contributed by atoms with E-state index >= 15 is 0 Å². The normalized spacial score (nSPS) is 13.2. The number of aromatic amines is 2. The standard InChI is InChI=1S/C11H14ClN3O/c1-6(5-13)2-7-3-8(12)10-9(4-7)14-11(16)15-10/h3-4,6H,2,5,13H2,1H3,(H2,14,15,16). The number of imidazole rings is 1. The third-order valence-electron chi connectivity index (χ3n) is 2.62. The molecule has 0 fully saturated rings. The van der Waals surface area contributed by atoms with Gasteiger partial charge >= 0.3 is 5.69 Å². The van der Waals surface area contributed by atoms with Gasteiger partial charge in [0.1, 0.15) is 0 Å². The zero-order chi connectivity index (χ0) is 11.7. The van der Waals surface area contributed by atoms with E-state index in [2.05, 4.69) is 16.9 Å². The van der Waals surface area contributed by atoms with Gasteiger partial charge in [0.15, 0.2) is 0 Å². The second-order valence-corrected chi connectivity index (χ2v) is 4.53. The van der Waals surface area contributed by atoms with Crippen LogP contribution in [0.15, 0.2) is 16.9 Å². The zero-order valence-electron chi connectivity index (χ0n) is 9.01. The highest BCUT2D eigenvalue weighted by Gasteiger charge is 2.07. The summed E-state index contributed by atoms with van der Waals surface area (Å²) in [5, 5.41) is 0.565. The molecule has 1 atom stereocenters. The minimum Gasteiger partial charge on any atom is -0.330 e. The lowest BCUT2D eigenvalue weighted by atomic mass is 10.0. The van der Waals surface area contributed by atoms with Crippen molar-refractivity contribution in [1.82, 2.24) is 9.97 Å². The maximum atomic E-state index is 11.1. The molecule has 0 amide bonds.